The third kappa shape index (κ3) is 6.42. The van der Waals surface area contributed by atoms with E-state index in [0.717, 1.165) is 12.3 Å². The summed E-state index contributed by atoms with van der Waals surface area (Å²) in [6, 6.07) is 0.923. The van der Waals surface area contributed by atoms with Gasteiger partial charge in [-0.25, -0.2) is 13.9 Å². The first kappa shape index (κ1) is 28.9. The van der Waals surface area contributed by atoms with Crippen molar-refractivity contribution in [2.24, 2.45) is 0 Å². The van der Waals surface area contributed by atoms with Gasteiger partial charge in [0.05, 0.1) is 13.2 Å². The fourth-order valence-electron chi connectivity index (χ4n) is 3.24. The first-order valence-electron chi connectivity index (χ1n) is 9.85. The summed E-state index contributed by atoms with van der Waals surface area (Å²) in [6.45, 7) is -2.00. The van der Waals surface area contributed by atoms with Gasteiger partial charge in [-0.1, -0.05) is 0 Å². The van der Waals surface area contributed by atoms with E-state index in [0.29, 0.717) is 4.57 Å². The molecule has 1 aromatic rings. The highest BCUT2D eigenvalue weighted by molar-refractivity contribution is 7.61. The van der Waals surface area contributed by atoms with E-state index in [-0.39, 0.29) is 0 Å². The first-order valence-corrected chi connectivity index (χ1v) is 12.8. The van der Waals surface area contributed by atoms with E-state index < -0.39 is 95.0 Å². The molecule has 2 saturated heterocycles. The van der Waals surface area contributed by atoms with Crippen molar-refractivity contribution in [2.75, 3.05) is 13.2 Å². The largest absolute Gasteiger partial charge is 0.483 e. The van der Waals surface area contributed by atoms with Crippen molar-refractivity contribution >= 4 is 21.4 Å². The third-order valence-electron chi connectivity index (χ3n) is 4.99. The molecule has 21 heteroatoms. The zero-order chi connectivity index (χ0) is 27.0. The Kier molecular flexibility index (Phi) is 8.81. The van der Waals surface area contributed by atoms with Gasteiger partial charge in [0.1, 0.15) is 30.5 Å². The topological polar surface area (TPSA) is 294 Å². The van der Waals surface area contributed by atoms with E-state index in [9.17, 15) is 53.7 Å². The summed E-state index contributed by atoms with van der Waals surface area (Å²) in [5.74, 6) is -1.34. The Hall–Kier alpha value is -1.67. The number of nitrogens with one attached hydrogen (secondary N) is 1. The number of carbonyl (C=O) groups excluding carboxylic acids is 1. The molecule has 1 aromatic heterocycles. The zero-order valence-electron chi connectivity index (χ0n) is 17.7. The smallest absolute Gasteiger partial charge is 0.394 e. The van der Waals surface area contributed by atoms with Crippen LogP contribution >= 0.6 is 15.6 Å². The quantitative estimate of drug-likeness (QED) is 0.131. The molecule has 2 aliphatic rings. The number of phosphoric ester groups is 2. The van der Waals surface area contributed by atoms with E-state index in [1.807, 2.05) is 4.98 Å². The number of hydrogen-bond acceptors (Lipinski definition) is 15. The number of hydrogen-bond donors (Lipinski definition) is 8. The van der Waals surface area contributed by atoms with E-state index in [2.05, 4.69) is 13.4 Å². The Bertz CT molecular complexity index is 1170. The Morgan fingerprint density at radius 3 is 2.25 bits per heavy atom. The van der Waals surface area contributed by atoms with Gasteiger partial charge in [0.2, 0.25) is 6.29 Å². The molecule has 204 valence electrons. The van der Waals surface area contributed by atoms with E-state index in [4.69, 9.17) is 14.6 Å². The van der Waals surface area contributed by atoms with Gasteiger partial charge in [-0.2, -0.15) is 4.31 Å². The van der Waals surface area contributed by atoms with Crippen LogP contribution in [0.1, 0.15) is 6.23 Å². The molecule has 8 N–H and O–H groups in total. The lowest BCUT2D eigenvalue weighted by Gasteiger charge is -2.35. The van der Waals surface area contributed by atoms with Crippen LogP contribution in [0.3, 0.4) is 0 Å². The van der Waals surface area contributed by atoms with Crippen molar-refractivity contribution in [3.63, 3.8) is 0 Å². The number of phosphoric acid groups is 2. The lowest BCUT2D eigenvalue weighted by molar-refractivity contribution is -0.233. The average molecular weight is 564 g/mol. The molecule has 36 heavy (non-hydrogen) atoms. The minimum atomic E-state index is -5.63. The maximum Gasteiger partial charge on any atom is 0.483 e. The molecule has 0 amide bonds. The molecule has 2 fully saturated rings. The number of H-pyrrole nitrogens is 1. The standard InChI is InChI=1S/C15H22N2O17P2/c18-3-5-8(20)10(22)12(24)14(32-5)33-36(28,29)34-35(26,27)30-4-6-9(21)11(23)13(31-6)17-2-1-7(19)16-15(17)25/h1-2,5-6,8-9,11-14,18,20-21,23-24H,3-4H2,(H,26,27)(H,28,29)(H,16,19,25)/t5-,6-,8-,9-,11-,12-,13-,14?/m1/s1. The highest BCUT2D eigenvalue weighted by Gasteiger charge is 2.49. The molecule has 0 aromatic carbocycles. The van der Waals surface area contributed by atoms with Crippen molar-refractivity contribution in [2.45, 2.75) is 49.1 Å². The third-order valence-corrected chi connectivity index (χ3v) is 7.59. The molecular weight excluding hydrogens is 542 g/mol. The number of ketones is 1. The summed E-state index contributed by atoms with van der Waals surface area (Å²) >= 11 is 0. The molecule has 3 heterocycles. The van der Waals surface area contributed by atoms with Gasteiger partial charge in [-0.15, -0.1) is 0 Å². The Balaban J connectivity index is 1.62. The minimum Gasteiger partial charge on any atom is -0.394 e. The summed E-state index contributed by atoms with van der Waals surface area (Å²) in [5, 5.41) is 48.6. The number of nitrogens with zero attached hydrogens (tertiary/aromatic N) is 1. The van der Waals surface area contributed by atoms with Gasteiger partial charge < -0.3 is 44.8 Å². The Morgan fingerprint density at radius 2 is 1.64 bits per heavy atom. The maximum absolute atomic E-state index is 12.1. The molecule has 0 bridgehead atoms. The second kappa shape index (κ2) is 11.0. The van der Waals surface area contributed by atoms with Crippen LogP contribution in [-0.4, -0.2) is 107 Å². The summed E-state index contributed by atoms with van der Waals surface area (Å²) in [7, 11) is -11.1. The number of Topliss-reactive ketones (excluding diaryl/α,β-unsaturated/α-hetero) is 1. The van der Waals surface area contributed by atoms with Crippen LogP contribution in [0.5, 0.6) is 0 Å². The summed E-state index contributed by atoms with van der Waals surface area (Å²) < 4.78 is 47.8. The van der Waals surface area contributed by atoms with Gasteiger partial charge in [0.25, 0.3) is 5.56 Å². The molecule has 2 aliphatic heterocycles. The predicted octanol–water partition coefficient (Wildman–Crippen LogP) is -4.59. The normalized spacial score (nSPS) is 36.4. The van der Waals surface area contributed by atoms with Gasteiger partial charge >= 0.3 is 21.3 Å². The highest BCUT2D eigenvalue weighted by atomic mass is 31.3. The summed E-state index contributed by atoms with van der Waals surface area (Å²) in [6.07, 6.45) is -14.0. The van der Waals surface area contributed by atoms with Crippen LogP contribution in [0.4, 0.5) is 0 Å². The number of carbonyl (C=O) groups is 1. The fraction of sp³-hybridized carbons (Fsp3) is 0.667. The number of rotatable bonds is 9. The van der Waals surface area contributed by atoms with Crippen molar-refractivity contribution < 1.29 is 72.1 Å². The zero-order valence-corrected chi connectivity index (χ0v) is 19.5. The SMILES string of the molecule is O=C1[C@@H](O)C(OP(=O)(O)OP(=O)(O)OC[C@H]2O[C@@H](n3ccc(=O)[nH]c3=O)[C@H](O)[C@@H]2O)O[C@H](CO)[C@H]1O. The lowest BCUT2D eigenvalue weighted by atomic mass is 10.0. The second-order valence-electron chi connectivity index (χ2n) is 7.50. The van der Waals surface area contributed by atoms with Crippen molar-refractivity contribution in [3.05, 3.63) is 33.1 Å². The van der Waals surface area contributed by atoms with Crippen molar-refractivity contribution in [1.82, 2.24) is 9.55 Å². The number of aromatic nitrogens is 2. The predicted molar refractivity (Wildman–Crippen MR) is 108 cm³/mol. The van der Waals surface area contributed by atoms with E-state index in [1.165, 1.54) is 0 Å². The van der Waals surface area contributed by atoms with Gasteiger partial charge in [0, 0.05) is 12.3 Å². The maximum atomic E-state index is 12.1. The molecule has 0 saturated carbocycles. The van der Waals surface area contributed by atoms with E-state index >= 15 is 0 Å². The number of aromatic amines is 1. The molecule has 19 nitrogen and oxygen atoms in total. The molecule has 10 atom stereocenters. The molecule has 0 spiro atoms. The average Bonchev–Trinajstić information content (AvgIpc) is 3.06. The Morgan fingerprint density at radius 1 is 0.972 bits per heavy atom. The monoisotopic (exact) mass is 564 g/mol. The molecule has 0 aliphatic carbocycles. The summed E-state index contributed by atoms with van der Waals surface area (Å²) in [5.41, 5.74) is -1.76. The van der Waals surface area contributed by atoms with E-state index in [1.54, 1.807) is 0 Å². The fourth-order valence-corrected chi connectivity index (χ4v) is 5.38. The van der Waals surface area contributed by atoms with Gasteiger partial charge in [0.15, 0.2) is 18.1 Å². The first-order chi connectivity index (χ1) is 16.7. The van der Waals surface area contributed by atoms with Gasteiger partial charge in [-0.3, -0.25) is 28.2 Å². The number of aliphatic hydroxyl groups is 5. The van der Waals surface area contributed by atoms with Crippen LogP contribution in [0.25, 0.3) is 0 Å². The molecule has 3 unspecified atom stereocenters. The Labute approximate surface area is 199 Å². The van der Waals surface area contributed by atoms with Gasteiger partial charge in [-0.05, 0) is 0 Å². The van der Waals surface area contributed by atoms with Crippen molar-refractivity contribution in [3.8, 4) is 0 Å². The lowest BCUT2D eigenvalue weighted by Crippen LogP contribution is -2.56. The summed E-state index contributed by atoms with van der Waals surface area (Å²) in [4.78, 5) is 56.2. The van der Waals surface area contributed by atoms with Crippen LogP contribution in [0, 0.1) is 0 Å². The molecule has 3 rings (SSSR count). The number of ether oxygens (including phenoxy) is 2. The molecular formula is C15H22N2O17P2. The van der Waals surface area contributed by atoms with Crippen molar-refractivity contribution in [1.29, 1.82) is 0 Å². The molecule has 0 radical (unpaired) electrons. The minimum absolute atomic E-state index is 0.716. The van der Waals surface area contributed by atoms with Crippen LogP contribution < -0.4 is 11.2 Å². The van der Waals surface area contributed by atoms with Crippen LogP contribution in [0.15, 0.2) is 21.9 Å². The van der Waals surface area contributed by atoms with Crippen LogP contribution in [-0.2, 0) is 36.8 Å². The second-order valence-corrected chi connectivity index (χ2v) is 10.5. The van der Waals surface area contributed by atoms with Crippen LogP contribution in [0.2, 0.25) is 0 Å². The number of aliphatic hydroxyl groups excluding tert-OH is 5. The highest BCUT2D eigenvalue weighted by Crippen LogP contribution is 2.61.